The molecule has 2 amide bonds. The molecule has 0 aliphatic rings. The molecule has 0 aromatic heterocycles. The molecule has 6 heteroatoms. The van der Waals surface area contributed by atoms with E-state index in [1.807, 2.05) is 25.1 Å². The summed E-state index contributed by atoms with van der Waals surface area (Å²) in [6.07, 6.45) is 0. The minimum absolute atomic E-state index is 0.122. The lowest BCUT2D eigenvalue weighted by atomic mass is 10.1. The van der Waals surface area contributed by atoms with Crippen molar-refractivity contribution < 1.29 is 19.1 Å². The monoisotopic (exact) mass is 340 g/mol. The molecule has 25 heavy (non-hydrogen) atoms. The normalized spacial score (nSPS) is 10.0. The Labute approximate surface area is 146 Å². The third-order valence-electron chi connectivity index (χ3n) is 3.66. The van der Waals surface area contributed by atoms with Gasteiger partial charge < -0.3 is 15.0 Å². The molecule has 2 rings (SSSR count). The first-order chi connectivity index (χ1) is 11.9. The van der Waals surface area contributed by atoms with E-state index in [4.69, 9.17) is 0 Å². The molecule has 0 radical (unpaired) electrons. The maximum absolute atomic E-state index is 12.3. The van der Waals surface area contributed by atoms with Gasteiger partial charge in [0.1, 0.15) is 6.54 Å². The summed E-state index contributed by atoms with van der Waals surface area (Å²) in [5.74, 6) is -1.07. The summed E-state index contributed by atoms with van der Waals surface area (Å²) < 4.78 is 4.66. The highest BCUT2D eigenvalue weighted by Crippen LogP contribution is 2.20. The van der Waals surface area contributed by atoms with Gasteiger partial charge in [0.2, 0.25) is 11.8 Å². The molecule has 0 unspecified atom stereocenters. The minimum Gasteiger partial charge on any atom is -0.465 e. The number of methoxy groups -OCH3 is 1. The molecule has 2 aromatic carbocycles. The number of esters is 1. The Balaban J connectivity index is 2.14. The van der Waals surface area contributed by atoms with Crippen molar-refractivity contribution >= 4 is 29.2 Å². The van der Waals surface area contributed by atoms with Gasteiger partial charge >= 0.3 is 5.97 Å². The zero-order valence-electron chi connectivity index (χ0n) is 14.4. The van der Waals surface area contributed by atoms with Gasteiger partial charge in [0.15, 0.2) is 0 Å². The van der Waals surface area contributed by atoms with E-state index in [2.05, 4.69) is 10.1 Å². The predicted octanol–water partition coefficient (Wildman–Crippen LogP) is 2.77. The second-order valence-corrected chi connectivity index (χ2v) is 5.51. The highest BCUT2D eigenvalue weighted by Gasteiger charge is 2.17. The van der Waals surface area contributed by atoms with Crippen molar-refractivity contribution in [1.82, 2.24) is 0 Å². The van der Waals surface area contributed by atoms with Crippen molar-refractivity contribution in [2.45, 2.75) is 13.8 Å². The molecule has 0 saturated heterocycles. The van der Waals surface area contributed by atoms with Gasteiger partial charge in [-0.05, 0) is 36.8 Å². The zero-order valence-corrected chi connectivity index (χ0v) is 14.4. The molecular formula is C19H20N2O4. The number of aryl methyl sites for hydroxylation is 1. The van der Waals surface area contributed by atoms with Gasteiger partial charge in [-0.3, -0.25) is 9.59 Å². The first-order valence-corrected chi connectivity index (χ1v) is 7.74. The van der Waals surface area contributed by atoms with E-state index in [9.17, 15) is 14.4 Å². The standard InChI is InChI=1S/C19H20N2O4/c1-13-7-4-5-10-17(13)21(14(2)22)12-18(23)20-16-9-6-8-15(11-16)19(24)25-3/h4-11H,12H2,1-3H3,(H,20,23). The fourth-order valence-electron chi connectivity index (χ4n) is 2.42. The SMILES string of the molecule is COC(=O)c1cccc(NC(=O)CN(C(C)=O)c2ccccc2C)c1. The number of amides is 2. The Hall–Kier alpha value is -3.15. The minimum atomic E-state index is -0.485. The summed E-state index contributed by atoms with van der Waals surface area (Å²) in [5.41, 5.74) is 2.38. The molecule has 0 aliphatic carbocycles. The van der Waals surface area contributed by atoms with Crippen LogP contribution in [0.25, 0.3) is 0 Å². The number of ether oxygens (including phenoxy) is 1. The first kappa shape index (κ1) is 18.2. The summed E-state index contributed by atoms with van der Waals surface area (Å²) in [7, 11) is 1.29. The van der Waals surface area contributed by atoms with Crippen molar-refractivity contribution in [3.63, 3.8) is 0 Å². The van der Waals surface area contributed by atoms with E-state index in [0.717, 1.165) is 5.56 Å². The number of hydrogen-bond acceptors (Lipinski definition) is 4. The Bertz CT molecular complexity index is 802. The van der Waals surface area contributed by atoms with Gasteiger partial charge in [-0.2, -0.15) is 0 Å². The topological polar surface area (TPSA) is 75.7 Å². The lowest BCUT2D eigenvalue weighted by molar-refractivity contribution is -0.120. The van der Waals surface area contributed by atoms with Crippen molar-refractivity contribution in [3.05, 3.63) is 59.7 Å². The molecule has 0 fully saturated rings. The van der Waals surface area contributed by atoms with Gasteiger partial charge in [-0.25, -0.2) is 4.79 Å². The number of carbonyl (C=O) groups is 3. The van der Waals surface area contributed by atoms with Crippen LogP contribution in [0.1, 0.15) is 22.8 Å². The van der Waals surface area contributed by atoms with Crippen molar-refractivity contribution in [1.29, 1.82) is 0 Å². The average Bonchev–Trinajstić information content (AvgIpc) is 2.59. The van der Waals surface area contributed by atoms with Crippen LogP contribution in [-0.4, -0.2) is 31.4 Å². The summed E-state index contributed by atoms with van der Waals surface area (Å²) in [6, 6.07) is 13.8. The van der Waals surface area contributed by atoms with E-state index in [-0.39, 0.29) is 18.4 Å². The lowest BCUT2D eigenvalue weighted by Gasteiger charge is -2.22. The van der Waals surface area contributed by atoms with Crippen LogP contribution in [0.15, 0.2) is 48.5 Å². The molecule has 0 atom stereocenters. The number of carbonyl (C=O) groups excluding carboxylic acids is 3. The number of nitrogens with one attached hydrogen (secondary N) is 1. The van der Waals surface area contributed by atoms with Crippen LogP contribution in [0.2, 0.25) is 0 Å². The number of nitrogens with zero attached hydrogens (tertiary/aromatic N) is 1. The Kier molecular flexibility index (Phi) is 5.89. The Morgan fingerprint density at radius 1 is 1.08 bits per heavy atom. The number of anilines is 2. The van der Waals surface area contributed by atoms with Crippen LogP contribution in [0.5, 0.6) is 0 Å². The van der Waals surface area contributed by atoms with Gasteiger partial charge in [-0.1, -0.05) is 24.3 Å². The summed E-state index contributed by atoms with van der Waals surface area (Å²) in [6.45, 7) is 3.17. The van der Waals surface area contributed by atoms with Crippen molar-refractivity contribution in [2.24, 2.45) is 0 Å². The highest BCUT2D eigenvalue weighted by atomic mass is 16.5. The molecule has 130 valence electrons. The third-order valence-corrected chi connectivity index (χ3v) is 3.66. The lowest BCUT2D eigenvalue weighted by Crippen LogP contribution is -2.37. The van der Waals surface area contributed by atoms with Crippen LogP contribution < -0.4 is 10.2 Å². The quantitative estimate of drug-likeness (QED) is 0.849. The Morgan fingerprint density at radius 2 is 1.80 bits per heavy atom. The second-order valence-electron chi connectivity index (χ2n) is 5.51. The fraction of sp³-hybridized carbons (Fsp3) is 0.211. The first-order valence-electron chi connectivity index (χ1n) is 7.74. The summed E-state index contributed by atoms with van der Waals surface area (Å²) in [4.78, 5) is 37.3. The van der Waals surface area contributed by atoms with E-state index in [1.165, 1.54) is 25.0 Å². The van der Waals surface area contributed by atoms with Gasteiger partial charge in [-0.15, -0.1) is 0 Å². The van der Waals surface area contributed by atoms with E-state index >= 15 is 0 Å². The van der Waals surface area contributed by atoms with Crippen LogP contribution >= 0.6 is 0 Å². The molecule has 6 nitrogen and oxygen atoms in total. The van der Waals surface area contributed by atoms with Gasteiger partial charge in [0, 0.05) is 18.3 Å². The van der Waals surface area contributed by atoms with Crippen LogP contribution in [0.3, 0.4) is 0 Å². The summed E-state index contributed by atoms with van der Waals surface area (Å²) in [5, 5.41) is 2.70. The van der Waals surface area contributed by atoms with Crippen LogP contribution in [-0.2, 0) is 14.3 Å². The number of benzene rings is 2. The molecule has 0 spiro atoms. The smallest absolute Gasteiger partial charge is 0.337 e. The highest BCUT2D eigenvalue weighted by molar-refractivity contribution is 6.02. The molecule has 1 N–H and O–H groups in total. The third kappa shape index (κ3) is 4.67. The molecular weight excluding hydrogens is 320 g/mol. The molecule has 0 saturated carbocycles. The van der Waals surface area contributed by atoms with E-state index in [1.54, 1.807) is 24.3 Å². The van der Waals surface area contributed by atoms with Crippen molar-refractivity contribution in [3.8, 4) is 0 Å². The predicted molar refractivity (Wildman–Crippen MR) is 95.6 cm³/mol. The van der Waals surface area contributed by atoms with E-state index < -0.39 is 5.97 Å². The number of hydrogen-bond donors (Lipinski definition) is 1. The molecule has 2 aromatic rings. The largest absolute Gasteiger partial charge is 0.465 e. The fourth-order valence-corrected chi connectivity index (χ4v) is 2.42. The number of rotatable bonds is 5. The molecule has 0 aliphatic heterocycles. The van der Waals surface area contributed by atoms with Crippen LogP contribution in [0, 0.1) is 6.92 Å². The van der Waals surface area contributed by atoms with Crippen molar-refractivity contribution in [2.75, 3.05) is 23.9 Å². The molecule has 0 heterocycles. The maximum atomic E-state index is 12.3. The van der Waals surface area contributed by atoms with Gasteiger partial charge in [0.25, 0.3) is 0 Å². The zero-order chi connectivity index (χ0) is 18.4. The second kappa shape index (κ2) is 8.10. The average molecular weight is 340 g/mol. The van der Waals surface area contributed by atoms with E-state index in [0.29, 0.717) is 16.9 Å². The Morgan fingerprint density at radius 3 is 2.44 bits per heavy atom. The molecule has 0 bridgehead atoms. The van der Waals surface area contributed by atoms with Gasteiger partial charge in [0.05, 0.1) is 12.7 Å². The maximum Gasteiger partial charge on any atom is 0.337 e. The number of para-hydroxylation sites is 1. The summed E-state index contributed by atoms with van der Waals surface area (Å²) >= 11 is 0. The van der Waals surface area contributed by atoms with Crippen LogP contribution in [0.4, 0.5) is 11.4 Å².